The number of hydrogen-bond acceptors (Lipinski definition) is 4. The fourth-order valence-electron chi connectivity index (χ4n) is 3.13. The molecule has 0 aromatic carbocycles. The zero-order valence-electron chi connectivity index (χ0n) is 11.4. The van der Waals surface area contributed by atoms with Crippen LogP contribution in [0.4, 0.5) is 0 Å². The lowest BCUT2D eigenvalue weighted by Crippen LogP contribution is -2.48. The molecule has 1 aliphatic rings. The normalized spacial score (nSPS) is 16.4. The molecule has 1 fully saturated rings. The Kier molecular flexibility index (Phi) is 3.76. The van der Waals surface area contributed by atoms with Crippen LogP contribution in [-0.4, -0.2) is 39.7 Å². The summed E-state index contributed by atoms with van der Waals surface area (Å²) in [5.41, 5.74) is 1.52. The highest BCUT2D eigenvalue weighted by Gasteiger charge is 2.41. The van der Waals surface area contributed by atoms with Crippen LogP contribution in [-0.2, 0) is 5.54 Å². The van der Waals surface area contributed by atoms with Gasteiger partial charge in [0.1, 0.15) is 0 Å². The van der Waals surface area contributed by atoms with Crippen LogP contribution < -0.4 is 0 Å². The van der Waals surface area contributed by atoms with E-state index in [1.54, 1.807) is 12.4 Å². The van der Waals surface area contributed by atoms with E-state index in [0.29, 0.717) is 0 Å². The summed E-state index contributed by atoms with van der Waals surface area (Å²) in [5, 5.41) is 10.2. The van der Waals surface area contributed by atoms with Gasteiger partial charge in [-0.15, -0.1) is 0 Å². The van der Waals surface area contributed by atoms with E-state index in [1.807, 2.05) is 36.7 Å². The minimum absolute atomic E-state index is 0.0321. The van der Waals surface area contributed by atoms with Gasteiger partial charge in [0.05, 0.1) is 12.1 Å². The maximum absolute atomic E-state index is 10.2. The minimum atomic E-state index is -0.529. The van der Waals surface area contributed by atoms with Gasteiger partial charge in [-0.2, -0.15) is 0 Å². The standard InChI is InChI=1S/C16H19N3O/c20-13-16(19-9-1-2-10-19,14-5-3-7-17-11-14)15-6-4-8-18-12-15/h3-8,11-12,20H,1-2,9-10,13H2. The minimum Gasteiger partial charge on any atom is -0.394 e. The second-order valence-electron chi connectivity index (χ2n) is 5.20. The molecule has 1 N–H and O–H groups in total. The van der Waals surface area contributed by atoms with Gasteiger partial charge in [-0.25, -0.2) is 0 Å². The van der Waals surface area contributed by atoms with E-state index < -0.39 is 5.54 Å². The maximum atomic E-state index is 10.2. The Labute approximate surface area is 119 Å². The molecule has 3 rings (SSSR count). The smallest absolute Gasteiger partial charge is 0.0980 e. The molecule has 2 aromatic rings. The van der Waals surface area contributed by atoms with E-state index in [4.69, 9.17) is 0 Å². The highest BCUT2D eigenvalue weighted by Crippen LogP contribution is 2.37. The van der Waals surface area contributed by atoms with Crippen LogP contribution in [0.5, 0.6) is 0 Å². The monoisotopic (exact) mass is 269 g/mol. The lowest BCUT2D eigenvalue weighted by molar-refractivity contribution is 0.0774. The predicted octanol–water partition coefficient (Wildman–Crippen LogP) is 1.81. The van der Waals surface area contributed by atoms with Gasteiger partial charge in [-0.05, 0) is 49.2 Å². The van der Waals surface area contributed by atoms with Crippen LogP contribution in [0.2, 0.25) is 0 Å². The van der Waals surface area contributed by atoms with E-state index in [0.717, 1.165) is 24.2 Å². The number of aliphatic hydroxyl groups excluding tert-OH is 1. The Hall–Kier alpha value is -1.78. The molecule has 0 atom stereocenters. The molecule has 1 aliphatic heterocycles. The van der Waals surface area contributed by atoms with E-state index in [-0.39, 0.29) is 6.61 Å². The van der Waals surface area contributed by atoms with Gasteiger partial charge < -0.3 is 5.11 Å². The number of rotatable bonds is 4. The first-order chi connectivity index (χ1) is 9.88. The molecule has 4 heteroatoms. The maximum Gasteiger partial charge on any atom is 0.0980 e. The van der Waals surface area contributed by atoms with Crippen molar-refractivity contribution in [2.24, 2.45) is 0 Å². The Morgan fingerprint density at radius 2 is 1.55 bits per heavy atom. The number of hydrogen-bond donors (Lipinski definition) is 1. The molecule has 3 heterocycles. The average Bonchev–Trinajstić information content (AvgIpc) is 3.06. The molecular formula is C16H19N3O. The summed E-state index contributed by atoms with van der Waals surface area (Å²) in [6, 6.07) is 7.92. The van der Waals surface area contributed by atoms with E-state index in [1.165, 1.54) is 12.8 Å². The van der Waals surface area contributed by atoms with Crippen LogP contribution in [0.1, 0.15) is 24.0 Å². The second kappa shape index (κ2) is 5.69. The average molecular weight is 269 g/mol. The number of nitrogens with zero attached hydrogens (tertiary/aromatic N) is 3. The van der Waals surface area contributed by atoms with Crippen LogP contribution in [0.25, 0.3) is 0 Å². The van der Waals surface area contributed by atoms with Crippen molar-refractivity contribution >= 4 is 0 Å². The summed E-state index contributed by atoms with van der Waals surface area (Å²) in [6.07, 6.45) is 9.56. The van der Waals surface area contributed by atoms with Crippen LogP contribution >= 0.6 is 0 Å². The Bertz CT molecular complexity index is 499. The van der Waals surface area contributed by atoms with E-state index in [9.17, 15) is 5.11 Å². The van der Waals surface area contributed by atoms with Gasteiger partial charge in [0.25, 0.3) is 0 Å². The first-order valence-electron chi connectivity index (χ1n) is 7.05. The first-order valence-corrected chi connectivity index (χ1v) is 7.05. The number of likely N-dealkylation sites (tertiary alicyclic amines) is 1. The Morgan fingerprint density at radius 1 is 1.00 bits per heavy atom. The SMILES string of the molecule is OCC(c1cccnc1)(c1cccnc1)N1CCCC1. The van der Waals surface area contributed by atoms with Gasteiger partial charge in [0.2, 0.25) is 0 Å². The lowest BCUT2D eigenvalue weighted by atomic mass is 9.83. The van der Waals surface area contributed by atoms with Gasteiger partial charge in [-0.1, -0.05) is 12.1 Å². The van der Waals surface area contributed by atoms with E-state index >= 15 is 0 Å². The summed E-state index contributed by atoms with van der Waals surface area (Å²) in [7, 11) is 0. The van der Waals surface area contributed by atoms with Crippen molar-refractivity contribution in [2.75, 3.05) is 19.7 Å². The molecule has 4 nitrogen and oxygen atoms in total. The molecule has 104 valence electrons. The topological polar surface area (TPSA) is 49.3 Å². The van der Waals surface area contributed by atoms with Gasteiger partial charge in [0, 0.05) is 24.8 Å². The molecule has 0 bridgehead atoms. The van der Waals surface area contributed by atoms with Gasteiger partial charge in [-0.3, -0.25) is 14.9 Å². The molecular weight excluding hydrogens is 250 g/mol. The van der Waals surface area contributed by atoms with Gasteiger partial charge in [0.15, 0.2) is 0 Å². The highest BCUT2D eigenvalue weighted by atomic mass is 16.3. The first kappa shape index (κ1) is 13.2. The Balaban J connectivity index is 2.15. The second-order valence-corrected chi connectivity index (χ2v) is 5.20. The molecule has 2 aromatic heterocycles. The third kappa shape index (κ3) is 2.11. The van der Waals surface area contributed by atoms with Crippen molar-refractivity contribution in [1.29, 1.82) is 0 Å². The lowest BCUT2D eigenvalue weighted by Gasteiger charge is -2.41. The molecule has 0 spiro atoms. The van der Waals surface area contributed by atoms with Crippen molar-refractivity contribution in [1.82, 2.24) is 14.9 Å². The molecule has 1 saturated heterocycles. The summed E-state index contributed by atoms with van der Waals surface area (Å²) >= 11 is 0. The molecule has 0 radical (unpaired) electrons. The fourth-order valence-corrected chi connectivity index (χ4v) is 3.13. The largest absolute Gasteiger partial charge is 0.394 e. The zero-order chi connectivity index (χ0) is 13.8. The van der Waals surface area contributed by atoms with Crippen LogP contribution in [0, 0.1) is 0 Å². The zero-order valence-corrected chi connectivity index (χ0v) is 11.4. The number of pyridine rings is 2. The van der Waals surface area contributed by atoms with Crippen molar-refractivity contribution in [3.05, 3.63) is 60.2 Å². The molecule has 0 saturated carbocycles. The predicted molar refractivity (Wildman–Crippen MR) is 77.1 cm³/mol. The third-order valence-electron chi connectivity index (χ3n) is 4.15. The van der Waals surface area contributed by atoms with Gasteiger partial charge >= 0.3 is 0 Å². The summed E-state index contributed by atoms with van der Waals surface area (Å²) in [6.45, 7) is 2.01. The third-order valence-corrected chi connectivity index (χ3v) is 4.15. The number of aliphatic hydroxyl groups is 1. The molecule has 20 heavy (non-hydrogen) atoms. The van der Waals surface area contributed by atoms with Crippen LogP contribution in [0.15, 0.2) is 49.1 Å². The fraction of sp³-hybridized carbons (Fsp3) is 0.375. The molecule has 0 aliphatic carbocycles. The van der Waals surface area contributed by atoms with Crippen molar-refractivity contribution < 1.29 is 5.11 Å². The summed E-state index contributed by atoms with van der Waals surface area (Å²) < 4.78 is 0. The quantitative estimate of drug-likeness (QED) is 0.919. The molecule has 0 unspecified atom stereocenters. The summed E-state index contributed by atoms with van der Waals surface area (Å²) in [4.78, 5) is 10.8. The van der Waals surface area contributed by atoms with Crippen molar-refractivity contribution in [2.45, 2.75) is 18.4 Å². The Morgan fingerprint density at radius 3 is 1.95 bits per heavy atom. The summed E-state index contributed by atoms with van der Waals surface area (Å²) in [5.74, 6) is 0. The molecule has 0 amide bonds. The van der Waals surface area contributed by atoms with Crippen LogP contribution in [0.3, 0.4) is 0 Å². The highest BCUT2D eigenvalue weighted by molar-refractivity contribution is 5.36. The van der Waals surface area contributed by atoms with Crippen molar-refractivity contribution in [3.63, 3.8) is 0 Å². The van der Waals surface area contributed by atoms with Crippen molar-refractivity contribution in [3.8, 4) is 0 Å². The number of aromatic nitrogens is 2. The van der Waals surface area contributed by atoms with E-state index in [2.05, 4.69) is 14.9 Å².